The van der Waals surface area contributed by atoms with Crippen molar-refractivity contribution in [1.29, 1.82) is 0 Å². The van der Waals surface area contributed by atoms with Crippen LogP contribution in [0.5, 0.6) is 0 Å². The van der Waals surface area contributed by atoms with E-state index in [1.165, 1.54) is 0 Å². The van der Waals surface area contributed by atoms with Crippen LogP contribution in [0.1, 0.15) is 0 Å². The second-order valence-corrected chi connectivity index (χ2v) is 15.8. The number of hydrogen-bond acceptors (Lipinski definition) is 30. The van der Waals surface area contributed by atoms with Gasteiger partial charge in [-0.3, -0.25) is 0 Å². The molecule has 0 aliphatic heterocycles. The minimum atomic E-state index is -4.34. The summed E-state index contributed by atoms with van der Waals surface area (Å²) in [4.78, 5) is 0. The van der Waals surface area contributed by atoms with E-state index in [2.05, 4.69) is 0 Å². The fourth-order valence-corrected chi connectivity index (χ4v) is 0. The zero-order valence-electron chi connectivity index (χ0n) is 19.0. The maximum Gasteiger partial charge on any atom is 2.00 e. The van der Waals surface area contributed by atoms with Crippen LogP contribution < -0.4 is 36.1 Å². The van der Waals surface area contributed by atoms with Gasteiger partial charge in [0, 0.05) is 0 Å². The van der Waals surface area contributed by atoms with Gasteiger partial charge >= 0.3 is 432 Å². The molecule has 0 saturated carbocycles. The third-order valence-corrected chi connectivity index (χ3v) is 0. The van der Waals surface area contributed by atoms with E-state index in [9.17, 15) is 0 Å². The van der Waals surface area contributed by atoms with Crippen molar-refractivity contribution in [2.45, 2.75) is 0 Å². The molecular weight excluding hydrogens is 2440 g/mol. The second-order valence-electron chi connectivity index (χ2n) is 2.24. The molecule has 0 saturated heterocycles. The average Bonchev–Trinajstić information content (AvgIpc) is 2.47. The molecule has 0 aliphatic carbocycles. The largest absolute Gasteiger partial charge is 2.00 e. The first-order chi connectivity index (χ1) is 17.3. The molecule has 4 radical (unpaired) electrons. The van der Waals surface area contributed by atoms with Crippen molar-refractivity contribution in [2.75, 3.05) is 0 Å². The molecular formula is Bi2Nb5O30Sr2Ta5. The summed E-state index contributed by atoms with van der Waals surface area (Å²) >= 11 is -42.7. The summed E-state index contributed by atoms with van der Waals surface area (Å²) in [7, 11) is 0. The molecule has 44 heavy (non-hydrogen) atoms. The molecule has 30 nitrogen and oxygen atoms in total. The summed E-state index contributed by atoms with van der Waals surface area (Å²) in [5.41, 5.74) is 0. The Bertz CT molecular complexity index is 882. The molecule has 244 valence electrons. The van der Waals surface area contributed by atoms with Crippen LogP contribution in [-0.4, -0.2) is 143 Å². The van der Waals surface area contributed by atoms with Gasteiger partial charge in [0.2, 0.25) is 0 Å². The van der Waals surface area contributed by atoms with Crippen molar-refractivity contribution in [3.63, 3.8) is 0 Å². The van der Waals surface area contributed by atoms with Gasteiger partial charge in [-0.1, -0.05) is 0 Å². The Balaban J connectivity index is -0.0000000187. The normalized spacial score (nSPS) is 5.68. The van der Waals surface area contributed by atoms with Gasteiger partial charge in [0.15, 0.2) is 0 Å². The monoisotopic (exact) mass is 2440 g/mol. The third-order valence-electron chi connectivity index (χ3n) is 0. The van der Waals surface area contributed by atoms with Crippen LogP contribution in [0.4, 0.5) is 0 Å². The Labute approximate surface area is 420 Å². The predicted molar refractivity (Wildman–Crippen MR) is 36.7 cm³/mol. The number of hydrogen-bond donors (Lipinski definition) is 0. The molecule has 0 N–H and O–H groups in total. The number of rotatable bonds is 0. The predicted octanol–water partition coefficient (Wildman–Crippen LogP) is -15.8. The fraction of sp³-hybridized carbons (Fsp3) is 0. The minimum absolute atomic E-state index is 0. The van der Waals surface area contributed by atoms with E-state index in [1.54, 1.807) is 0 Å². The first-order valence-corrected chi connectivity index (χ1v) is 38.6. The maximum absolute atomic E-state index is 8.62. The molecule has 0 atom stereocenters. The Kier molecular flexibility index (Phi) is 187. The van der Waals surface area contributed by atoms with E-state index in [4.69, 9.17) is 101 Å². The van der Waals surface area contributed by atoms with Crippen molar-refractivity contribution in [1.82, 2.24) is 0 Å². The molecule has 44 heteroatoms. The Morgan fingerprint density at radius 1 is 0.273 bits per heavy atom. The maximum atomic E-state index is 8.62. The van der Waals surface area contributed by atoms with Crippen molar-refractivity contribution >= 4 is 143 Å². The van der Waals surface area contributed by atoms with Gasteiger partial charge in [-0.05, 0) is 0 Å². The summed E-state index contributed by atoms with van der Waals surface area (Å²) in [6, 6.07) is 0. The summed E-state index contributed by atoms with van der Waals surface area (Å²) in [6.07, 6.45) is 0. The standard InChI is InChI=1S/2Bi.5Nb.30O.2Sr.5Ta/q2*+3;;;;;;;;;;;;;;;;;;;;;;;;;;10*-1;2*+2;;;;;. The van der Waals surface area contributed by atoms with Crippen LogP contribution in [0.15, 0.2) is 0 Å². The van der Waals surface area contributed by atoms with Crippen molar-refractivity contribution in [3.8, 4) is 0 Å². The molecule has 0 rings (SSSR count). The van der Waals surface area contributed by atoms with Crippen molar-refractivity contribution in [2.24, 2.45) is 0 Å². The summed E-state index contributed by atoms with van der Waals surface area (Å²) in [5, 5.41) is 0. The Hall–Kier alpha value is 7.73. The van der Waals surface area contributed by atoms with E-state index in [-0.39, 0.29) is 143 Å². The van der Waals surface area contributed by atoms with Gasteiger partial charge in [0.25, 0.3) is 0 Å². The Morgan fingerprint density at radius 3 is 0.273 bits per heavy atom. The van der Waals surface area contributed by atoms with Gasteiger partial charge in [-0.2, -0.15) is 0 Å². The molecule has 0 aliphatic rings. The molecule has 0 amide bonds. The fourth-order valence-electron chi connectivity index (χ4n) is 0. The van der Waals surface area contributed by atoms with Gasteiger partial charge in [0.05, 0.1) is 0 Å². The Morgan fingerprint density at radius 2 is 0.273 bits per heavy atom. The van der Waals surface area contributed by atoms with E-state index in [0.717, 1.165) is 0 Å². The molecule has 0 aromatic rings. The smallest absolute Gasteiger partial charge is 2.00 e. The van der Waals surface area contributed by atoms with Crippen molar-refractivity contribution in [3.05, 3.63) is 0 Å². The third kappa shape index (κ3) is 1980. The topological polar surface area (TPSA) is 572 Å². The summed E-state index contributed by atoms with van der Waals surface area (Å²) in [5.74, 6) is 0. The van der Waals surface area contributed by atoms with Crippen LogP contribution in [0.2, 0.25) is 0 Å². The molecule has 0 aromatic heterocycles. The van der Waals surface area contributed by atoms with Gasteiger partial charge < -0.3 is 0 Å². The van der Waals surface area contributed by atoms with Gasteiger partial charge in [-0.15, -0.1) is 0 Å². The van der Waals surface area contributed by atoms with Crippen LogP contribution in [-0.2, 0) is 253 Å². The van der Waals surface area contributed by atoms with E-state index in [1.807, 2.05) is 0 Å². The van der Waals surface area contributed by atoms with Crippen LogP contribution >= 0.6 is 0 Å². The molecule has 0 spiro atoms. The average molecular weight is 2440 g/mol. The minimum Gasteiger partial charge on any atom is 2.00 e. The van der Waals surface area contributed by atoms with Gasteiger partial charge in [-0.25, -0.2) is 0 Å². The van der Waals surface area contributed by atoms with E-state index >= 15 is 0 Å². The zero-order valence-corrected chi connectivity index (χ0v) is 60.0. The van der Waals surface area contributed by atoms with Crippen LogP contribution in [0.25, 0.3) is 0 Å². The van der Waals surface area contributed by atoms with Gasteiger partial charge in [0.1, 0.15) is 0 Å². The van der Waals surface area contributed by atoms with Crippen LogP contribution in [0, 0.1) is 0 Å². The molecule has 0 unspecified atom stereocenters. The SMILES string of the molecule is [Bi+3].[Bi+3].[O]=[Nb](=[O])[O-].[O]=[Nb](=[O])[O-].[O]=[Nb](=[O])[O-].[O]=[Nb](=[O])[O-].[O]=[Nb](=[O])[O-].[O]=[Ta](=[O])[O-].[O]=[Ta](=[O])[O-].[O]=[Ta](=[O])[O-].[O]=[Ta](=[O])[O-].[O]=[Ta](=[O])[O-].[Sr+2].[Sr+2]. The molecule has 0 heterocycles. The quantitative estimate of drug-likeness (QED) is 0.203. The molecule has 0 bridgehead atoms. The van der Waals surface area contributed by atoms with Crippen LogP contribution in [0.3, 0.4) is 0 Å². The zero-order chi connectivity index (χ0) is 35.8. The molecule has 0 aromatic carbocycles. The first kappa shape index (κ1) is 93.5. The van der Waals surface area contributed by atoms with E-state index in [0.29, 0.717) is 0 Å². The molecule has 0 fully saturated rings. The first-order valence-electron chi connectivity index (χ1n) is 5.48. The van der Waals surface area contributed by atoms with E-state index < -0.39 is 188 Å². The summed E-state index contributed by atoms with van der Waals surface area (Å²) < 4.78 is 258. The summed E-state index contributed by atoms with van der Waals surface area (Å²) in [6.45, 7) is 0. The van der Waals surface area contributed by atoms with Crippen molar-refractivity contribution < 1.29 is 289 Å². The second kappa shape index (κ2) is 88.1.